The largest absolute Gasteiger partial charge is 0.384 e. The number of rotatable bonds is 5. The van der Waals surface area contributed by atoms with Crippen LogP contribution in [0.3, 0.4) is 0 Å². The summed E-state index contributed by atoms with van der Waals surface area (Å²) >= 11 is 0. The molecule has 0 saturated carbocycles. The van der Waals surface area contributed by atoms with Gasteiger partial charge in [-0.05, 0) is 6.42 Å². The summed E-state index contributed by atoms with van der Waals surface area (Å²) in [5.74, 6) is 0.698. The van der Waals surface area contributed by atoms with Crippen molar-refractivity contribution in [3.8, 4) is 0 Å². The molecular formula is C10H18N4O. The molecule has 1 aromatic heterocycles. The number of nitrogens with two attached hydrogens (primary N) is 2. The molecular weight excluding hydrogens is 192 g/mol. The molecule has 0 aliphatic carbocycles. The van der Waals surface area contributed by atoms with Gasteiger partial charge in [0, 0.05) is 12.1 Å². The van der Waals surface area contributed by atoms with Crippen LogP contribution < -0.4 is 11.5 Å². The molecule has 84 valence electrons. The highest BCUT2D eigenvalue weighted by Gasteiger charge is 2.39. The first-order valence-corrected chi connectivity index (χ1v) is 5.46. The second kappa shape index (κ2) is 4.20. The van der Waals surface area contributed by atoms with Gasteiger partial charge in [-0.2, -0.15) is 5.10 Å². The Balaban J connectivity index is 1.97. The minimum Gasteiger partial charge on any atom is -0.384 e. The fraction of sp³-hybridized carbons (Fsp3) is 0.700. The number of nitrogen functional groups attached to an aromatic ring is 1. The van der Waals surface area contributed by atoms with Crippen LogP contribution in [0.5, 0.6) is 0 Å². The number of hydrogen-bond acceptors (Lipinski definition) is 4. The fourth-order valence-electron chi connectivity index (χ4n) is 1.69. The first-order valence-electron chi connectivity index (χ1n) is 5.46. The summed E-state index contributed by atoms with van der Waals surface area (Å²) in [6.45, 7) is 3.05. The van der Waals surface area contributed by atoms with Gasteiger partial charge in [-0.1, -0.05) is 19.8 Å². The number of ether oxygens (including phenoxy) is 1. The van der Waals surface area contributed by atoms with Gasteiger partial charge in [0.2, 0.25) is 0 Å². The lowest BCUT2D eigenvalue weighted by atomic mass is 10.2. The Hall–Kier alpha value is -1.07. The molecule has 1 fully saturated rings. The Bertz CT molecular complexity index is 336. The molecule has 0 radical (unpaired) electrons. The van der Waals surface area contributed by atoms with Crippen LogP contribution in [0.4, 0.5) is 5.82 Å². The van der Waals surface area contributed by atoms with Crippen molar-refractivity contribution in [3.05, 3.63) is 11.8 Å². The molecule has 0 aromatic carbocycles. The molecule has 2 unspecified atom stereocenters. The van der Waals surface area contributed by atoms with E-state index in [1.807, 2.05) is 4.68 Å². The average Bonchev–Trinajstić information content (AvgIpc) is 2.82. The van der Waals surface area contributed by atoms with Gasteiger partial charge < -0.3 is 16.2 Å². The topological polar surface area (TPSA) is 82.4 Å². The smallest absolute Gasteiger partial charge is 0.137 e. The third kappa shape index (κ3) is 2.13. The molecule has 4 N–H and O–H groups in total. The van der Waals surface area contributed by atoms with Gasteiger partial charge in [0.1, 0.15) is 18.1 Å². The highest BCUT2D eigenvalue weighted by Crippen LogP contribution is 2.37. The van der Waals surface area contributed by atoms with Crippen molar-refractivity contribution in [1.82, 2.24) is 9.78 Å². The van der Waals surface area contributed by atoms with E-state index in [1.165, 1.54) is 12.8 Å². The first-order chi connectivity index (χ1) is 7.24. The lowest BCUT2D eigenvalue weighted by molar-refractivity contribution is 0.378. The van der Waals surface area contributed by atoms with E-state index in [4.69, 9.17) is 16.2 Å². The van der Waals surface area contributed by atoms with Crippen molar-refractivity contribution in [2.45, 2.75) is 45.1 Å². The molecule has 1 aliphatic heterocycles. The number of nitrogens with zero attached hydrogens (tertiary/aromatic N) is 2. The maximum absolute atomic E-state index is 5.95. The molecule has 2 heterocycles. The second-order valence-corrected chi connectivity index (χ2v) is 3.94. The summed E-state index contributed by atoms with van der Waals surface area (Å²) in [5, 5.41) is 4.24. The van der Waals surface area contributed by atoms with Crippen molar-refractivity contribution < 1.29 is 4.74 Å². The lowest BCUT2D eigenvalue weighted by Gasteiger charge is -2.03. The summed E-state index contributed by atoms with van der Waals surface area (Å²) in [7, 11) is 0. The number of anilines is 1. The Kier molecular flexibility index (Phi) is 2.93. The SMILES string of the molecule is CCCCCn1ncc(C2OC2N)c1N. The van der Waals surface area contributed by atoms with Gasteiger partial charge in [0.25, 0.3) is 0 Å². The molecule has 0 bridgehead atoms. The third-order valence-electron chi connectivity index (χ3n) is 2.72. The zero-order valence-corrected chi connectivity index (χ0v) is 9.02. The second-order valence-electron chi connectivity index (χ2n) is 3.94. The predicted molar refractivity (Wildman–Crippen MR) is 58.0 cm³/mol. The number of aryl methyl sites for hydroxylation is 1. The standard InChI is InChI=1S/C10H18N4O/c1-2-3-4-5-14-9(11)7(6-13-14)8-10(12)15-8/h6,8,10H,2-5,11-12H2,1H3. The van der Waals surface area contributed by atoms with Crippen LogP contribution in [0, 0.1) is 0 Å². The van der Waals surface area contributed by atoms with Crippen LogP contribution in [0.25, 0.3) is 0 Å². The monoisotopic (exact) mass is 210 g/mol. The molecule has 0 spiro atoms. The molecule has 0 amide bonds. The number of epoxide rings is 1. The number of aromatic nitrogens is 2. The predicted octanol–water partition coefficient (Wildman–Crippen LogP) is 1.01. The van der Waals surface area contributed by atoms with Crippen molar-refractivity contribution in [3.63, 3.8) is 0 Å². The Morgan fingerprint density at radius 1 is 1.53 bits per heavy atom. The van der Waals surface area contributed by atoms with Crippen molar-refractivity contribution in [2.75, 3.05) is 5.73 Å². The summed E-state index contributed by atoms with van der Waals surface area (Å²) in [6.07, 6.45) is 5.04. The summed E-state index contributed by atoms with van der Waals surface area (Å²) in [4.78, 5) is 0. The Morgan fingerprint density at radius 3 is 2.87 bits per heavy atom. The number of hydrogen-bond donors (Lipinski definition) is 2. The highest BCUT2D eigenvalue weighted by molar-refractivity contribution is 5.42. The van der Waals surface area contributed by atoms with Gasteiger partial charge in [-0.25, -0.2) is 4.68 Å². The van der Waals surface area contributed by atoms with E-state index >= 15 is 0 Å². The van der Waals surface area contributed by atoms with Crippen LogP contribution in [0.2, 0.25) is 0 Å². The van der Waals surface area contributed by atoms with Gasteiger partial charge in [-0.15, -0.1) is 0 Å². The zero-order chi connectivity index (χ0) is 10.8. The summed E-state index contributed by atoms with van der Waals surface area (Å²) in [5.41, 5.74) is 12.5. The van der Waals surface area contributed by atoms with Crippen molar-refractivity contribution >= 4 is 5.82 Å². The maximum atomic E-state index is 5.95. The van der Waals surface area contributed by atoms with E-state index in [0.717, 1.165) is 18.5 Å². The summed E-state index contributed by atoms with van der Waals surface area (Å²) in [6, 6.07) is 0. The van der Waals surface area contributed by atoms with Gasteiger partial charge in [-0.3, -0.25) is 0 Å². The molecule has 1 saturated heterocycles. The van der Waals surface area contributed by atoms with Crippen LogP contribution in [0.15, 0.2) is 6.20 Å². The van der Waals surface area contributed by atoms with Crippen LogP contribution >= 0.6 is 0 Å². The maximum Gasteiger partial charge on any atom is 0.137 e. The van der Waals surface area contributed by atoms with Gasteiger partial charge in [0.15, 0.2) is 0 Å². The summed E-state index contributed by atoms with van der Waals surface area (Å²) < 4.78 is 7.00. The number of unbranched alkanes of at least 4 members (excludes halogenated alkanes) is 2. The van der Waals surface area contributed by atoms with E-state index in [9.17, 15) is 0 Å². The molecule has 1 aromatic rings. The van der Waals surface area contributed by atoms with E-state index in [-0.39, 0.29) is 12.3 Å². The minimum atomic E-state index is -0.194. The van der Waals surface area contributed by atoms with E-state index in [0.29, 0.717) is 5.82 Å². The fourth-order valence-corrected chi connectivity index (χ4v) is 1.69. The van der Waals surface area contributed by atoms with E-state index in [1.54, 1.807) is 6.20 Å². The average molecular weight is 210 g/mol. The molecule has 2 rings (SSSR count). The quantitative estimate of drug-likeness (QED) is 0.561. The molecule has 1 aliphatic rings. The molecule has 5 heteroatoms. The Morgan fingerprint density at radius 2 is 2.27 bits per heavy atom. The molecule has 2 atom stereocenters. The molecule has 15 heavy (non-hydrogen) atoms. The van der Waals surface area contributed by atoms with Gasteiger partial charge >= 0.3 is 0 Å². The van der Waals surface area contributed by atoms with Crippen LogP contribution in [-0.4, -0.2) is 16.0 Å². The van der Waals surface area contributed by atoms with Crippen LogP contribution in [0.1, 0.15) is 37.9 Å². The zero-order valence-electron chi connectivity index (χ0n) is 9.02. The van der Waals surface area contributed by atoms with Crippen molar-refractivity contribution in [1.29, 1.82) is 0 Å². The van der Waals surface area contributed by atoms with Gasteiger partial charge in [0.05, 0.1) is 6.20 Å². The lowest BCUT2D eigenvalue weighted by Crippen LogP contribution is -2.07. The van der Waals surface area contributed by atoms with Crippen molar-refractivity contribution in [2.24, 2.45) is 5.73 Å². The normalized spacial score (nSPS) is 24.4. The van der Waals surface area contributed by atoms with Crippen LogP contribution in [-0.2, 0) is 11.3 Å². The third-order valence-corrected chi connectivity index (χ3v) is 2.72. The Labute approximate surface area is 89.4 Å². The minimum absolute atomic E-state index is 0.0371. The highest BCUT2D eigenvalue weighted by atomic mass is 16.6. The molecule has 5 nitrogen and oxygen atoms in total. The van der Waals surface area contributed by atoms with E-state index in [2.05, 4.69) is 12.0 Å². The van der Waals surface area contributed by atoms with E-state index < -0.39 is 0 Å². The first kappa shape index (κ1) is 10.4.